The zero-order valence-electron chi connectivity index (χ0n) is 13.2. The Morgan fingerprint density at radius 3 is 2.40 bits per heavy atom. The molecule has 0 fully saturated rings. The standard InChI is InChI=1S/C13H26N6O/c1-6-8-14-11-16-12(15-9-7-2)18-13(17-11)19(5)20-10(3)4/h10H,6-9H2,1-5H3,(H2,14,15,16,17,18)/p+1. The molecule has 114 valence electrons. The molecule has 0 saturated carbocycles. The normalized spacial score (nSPS) is 10.7. The second-order valence-corrected chi connectivity index (χ2v) is 4.85. The Kier molecular flexibility index (Phi) is 7.00. The van der Waals surface area contributed by atoms with Gasteiger partial charge in [-0.3, -0.25) is 0 Å². The molecule has 0 unspecified atom stereocenters. The molecule has 1 rings (SSSR count). The molecule has 0 saturated heterocycles. The van der Waals surface area contributed by atoms with Gasteiger partial charge in [0.1, 0.15) is 0 Å². The Labute approximate surface area is 121 Å². The highest BCUT2D eigenvalue weighted by molar-refractivity contribution is 5.35. The van der Waals surface area contributed by atoms with Gasteiger partial charge in [0.15, 0.2) is 0 Å². The van der Waals surface area contributed by atoms with Crippen LogP contribution in [0.4, 0.5) is 17.8 Å². The number of H-pyrrole nitrogens is 1. The van der Waals surface area contributed by atoms with Gasteiger partial charge in [-0.15, -0.1) is 0 Å². The van der Waals surface area contributed by atoms with Gasteiger partial charge < -0.3 is 10.6 Å². The molecule has 0 radical (unpaired) electrons. The Balaban J connectivity index is 2.89. The lowest BCUT2D eigenvalue weighted by atomic mass is 10.5. The molecule has 0 spiro atoms. The fourth-order valence-corrected chi connectivity index (χ4v) is 1.55. The molecule has 0 bridgehead atoms. The highest BCUT2D eigenvalue weighted by Gasteiger charge is 2.17. The SMILES string of the molecule is CCCNc1nc(NCCC)[nH+]c(N(C)OC(C)C)n1. The third kappa shape index (κ3) is 5.56. The minimum absolute atomic E-state index is 0.0856. The lowest BCUT2D eigenvalue weighted by molar-refractivity contribution is -0.360. The van der Waals surface area contributed by atoms with Crippen LogP contribution in [-0.4, -0.2) is 36.2 Å². The van der Waals surface area contributed by atoms with Gasteiger partial charge in [0.05, 0.1) is 13.2 Å². The number of aromatic amines is 1. The zero-order chi connectivity index (χ0) is 15.0. The first-order chi connectivity index (χ1) is 9.56. The number of hydroxylamine groups is 1. The average molecular weight is 283 g/mol. The molecule has 0 aromatic carbocycles. The molecular formula is C13H27N6O+. The average Bonchev–Trinajstić information content (AvgIpc) is 2.42. The second-order valence-electron chi connectivity index (χ2n) is 4.85. The summed E-state index contributed by atoms with van der Waals surface area (Å²) >= 11 is 0. The molecule has 1 aromatic rings. The monoisotopic (exact) mass is 283 g/mol. The topological polar surface area (TPSA) is 76.5 Å². The van der Waals surface area contributed by atoms with E-state index in [-0.39, 0.29) is 6.10 Å². The molecule has 0 aliphatic rings. The van der Waals surface area contributed by atoms with Crippen LogP contribution < -0.4 is 20.7 Å². The van der Waals surface area contributed by atoms with E-state index in [1.54, 1.807) is 5.06 Å². The molecule has 1 heterocycles. The van der Waals surface area contributed by atoms with E-state index in [1.165, 1.54) is 0 Å². The van der Waals surface area contributed by atoms with Gasteiger partial charge in [0, 0.05) is 13.1 Å². The van der Waals surface area contributed by atoms with E-state index >= 15 is 0 Å². The van der Waals surface area contributed by atoms with Crippen molar-refractivity contribution in [3.8, 4) is 0 Å². The number of nitrogens with zero attached hydrogens (tertiary/aromatic N) is 3. The highest BCUT2D eigenvalue weighted by atomic mass is 16.7. The van der Waals surface area contributed by atoms with Crippen LogP contribution in [-0.2, 0) is 4.84 Å². The highest BCUT2D eigenvalue weighted by Crippen LogP contribution is 2.09. The summed E-state index contributed by atoms with van der Waals surface area (Å²) in [5, 5.41) is 8.05. The molecule has 0 aliphatic carbocycles. The number of rotatable bonds is 9. The van der Waals surface area contributed by atoms with Crippen LogP contribution in [0.25, 0.3) is 0 Å². The van der Waals surface area contributed by atoms with Crippen molar-refractivity contribution < 1.29 is 9.82 Å². The number of nitrogens with one attached hydrogen (secondary N) is 3. The van der Waals surface area contributed by atoms with Gasteiger partial charge in [0.2, 0.25) is 0 Å². The van der Waals surface area contributed by atoms with Crippen LogP contribution in [0.3, 0.4) is 0 Å². The van der Waals surface area contributed by atoms with E-state index in [4.69, 9.17) is 4.84 Å². The number of hydrogen-bond acceptors (Lipinski definition) is 6. The maximum atomic E-state index is 5.61. The predicted octanol–water partition coefficient (Wildman–Crippen LogP) is 1.71. The largest absolute Gasteiger partial charge is 0.351 e. The summed E-state index contributed by atoms with van der Waals surface area (Å²) in [6.07, 6.45) is 2.14. The van der Waals surface area contributed by atoms with E-state index < -0.39 is 0 Å². The molecule has 0 amide bonds. The molecular weight excluding hydrogens is 256 g/mol. The molecule has 0 aliphatic heterocycles. The van der Waals surface area contributed by atoms with Crippen molar-refractivity contribution in [3.05, 3.63) is 0 Å². The van der Waals surface area contributed by atoms with Crippen LogP contribution in [0.15, 0.2) is 0 Å². The fourth-order valence-electron chi connectivity index (χ4n) is 1.55. The summed E-state index contributed by atoms with van der Waals surface area (Å²) in [4.78, 5) is 17.6. The minimum atomic E-state index is 0.0856. The van der Waals surface area contributed by atoms with Crippen molar-refractivity contribution in [3.63, 3.8) is 0 Å². The number of anilines is 3. The Bertz CT molecular complexity index is 372. The third-order valence-corrected chi connectivity index (χ3v) is 2.40. The smallest absolute Gasteiger partial charge is 0.337 e. The van der Waals surface area contributed by atoms with E-state index in [2.05, 4.69) is 39.4 Å². The van der Waals surface area contributed by atoms with Gasteiger partial charge in [-0.1, -0.05) is 23.8 Å². The van der Waals surface area contributed by atoms with Gasteiger partial charge in [0.25, 0.3) is 0 Å². The summed E-state index contributed by atoms with van der Waals surface area (Å²) in [6, 6.07) is 0. The summed E-state index contributed by atoms with van der Waals surface area (Å²) in [5.74, 6) is 1.90. The van der Waals surface area contributed by atoms with E-state index in [0.29, 0.717) is 17.8 Å². The summed E-state index contributed by atoms with van der Waals surface area (Å²) in [7, 11) is 1.83. The van der Waals surface area contributed by atoms with Gasteiger partial charge in [-0.05, 0) is 26.7 Å². The number of aromatic nitrogens is 3. The second kappa shape index (κ2) is 8.52. The van der Waals surface area contributed by atoms with Crippen LogP contribution >= 0.6 is 0 Å². The summed E-state index contributed by atoms with van der Waals surface area (Å²) in [6.45, 7) is 9.86. The molecule has 1 aromatic heterocycles. The Morgan fingerprint density at radius 1 is 1.15 bits per heavy atom. The fraction of sp³-hybridized carbons (Fsp3) is 0.769. The lowest BCUT2D eigenvalue weighted by Gasteiger charge is -2.15. The van der Waals surface area contributed by atoms with Crippen LogP contribution in [0.5, 0.6) is 0 Å². The summed E-state index contributed by atoms with van der Waals surface area (Å²) < 4.78 is 0. The van der Waals surface area contributed by atoms with Gasteiger partial charge in [-0.2, -0.15) is 5.06 Å². The summed E-state index contributed by atoms with van der Waals surface area (Å²) in [5.41, 5.74) is 0. The molecule has 0 atom stereocenters. The van der Waals surface area contributed by atoms with Crippen LogP contribution in [0.1, 0.15) is 40.5 Å². The Hall–Kier alpha value is -1.63. The van der Waals surface area contributed by atoms with Crippen molar-refractivity contribution in [2.45, 2.75) is 46.6 Å². The molecule has 7 heteroatoms. The first-order valence-corrected chi connectivity index (χ1v) is 7.26. The first-order valence-electron chi connectivity index (χ1n) is 7.26. The van der Waals surface area contributed by atoms with E-state index in [1.807, 2.05) is 20.9 Å². The van der Waals surface area contributed by atoms with Crippen molar-refractivity contribution >= 4 is 17.8 Å². The Morgan fingerprint density at radius 2 is 1.80 bits per heavy atom. The maximum absolute atomic E-state index is 5.61. The molecule has 7 nitrogen and oxygen atoms in total. The quantitative estimate of drug-likeness (QED) is 0.672. The van der Waals surface area contributed by atoms with Crippen molar-refractivity contribution in [1.29, 1.82) is 0 Å². The van der Waals surface area contributed by atoms with Crippen molar-refractivity contribution in [2.24, 2.45) is 0 Å². The van der Waals surface area contributed by atoms with Gasteiger partial charge >= 0.3 is 17.8 Å². The maximum Gasteiger partial charge on any atom is 0.351 e. The van der Waals surface area contributed by atoms with Crippen molar-refractivity contribution in [2.75, 3.05) is 35.8 Å². The van der Waals surface area contributed by atoms with E-state index in [9.17, 15) is 0 Å². The van der Waals surface area contributed by atoms with Crippen molar-refractivity contribution in [1.82, 2.24) is 9.97 Å². The lowest BCUT2D eigenvalue weighted by Crippen LogP contribution is -2.32. The predicted molar refractivity (Wildman–Crippen MR) is 80.8 cm³/mol. The molecule has 3 N–H and O–H groups in total. The van der Waals surface area contributed by atoms with Crippen LogP contribution in [0.2, 0.25) is 0 Å². The third-order valence-electron chi connectivity index (χ3n) is 2.40. The van der Waals surface area contributed by atoms with Crippen LogP contribution in [0, 0.1) is 0 Å². The first kappa shape index (κ1) is 16.4. The van der Waals surface area contributed by atoms with Gasteiger partial charge in [-0.25, -0.2) is 9.82 Å². The number of hydrogen-bond donors (Lipinski definition) is 2. The zero-order valence-corrected chi connectivity index (χ0v) is 13.2. The van der Waals surface area contributed by atoms with E-state index in [0.717, 1.165) is 25.9 Å². The molecule has 20 heavy (non-hydrogen) atoms. The minimum Gasteiger partial charge on any atom is -0.337 e.